The van der Waals surface area contributed by atoms with Gasteiger partial charge in [0.15, 0.2) is 0 Å². The maximum absolute atomic E-state index is 12.5. The molecule has 1 unspecified atom stereocenters. The zero-order valence-electron chi connectivity index (χ0n) is 11.7. The first-order valence-electron chi connectivity index (χ1n) is 7.13. The lowest BCUT2D eigenvalue weighted by Gasteiger charge is -2.35. The van der Waals surface area contributed by atoms with Crippen molar-refractivity contribution in [2.75, 3.05) is 6.54 Å². The molecular formula is C15H20N2O3. The highest BCUT2D eigenvalue weighted by atomic mass is 16.4. The average molecular weight is 276 g/mol. The molecule has 0 saturated carbocycles. The summed E-state index contributed by atoms with van der Waals surface area (Å²) in [4.78, 5) is 29.0. The van der Waals surface area contributed by atoms with E-state index in [0.717, 1.165) is 32.2 Å². The topological polar surface area (TPSA) is 70.5 Å². The van der Waals surface area contributed by atoms with E-state index in [2.05, 4.69) is 11.9 Å². The Morgan fingerprint density at radius 2 is 2.20 bits per heavy atom. The Bertz CT molecular complexity index is 482. The second-order valence-electron chi connectivity index (χ2n) is 5.17. The number of carbonyl (C=O) groups excluding carboxylic acids is 1. The molecule has 1 aromatic heterocycles. The number of piperidine rings is 1. The number of hydrogen-bond donors (Lipinski definition) is 1. The minimum absolute atomic E-state index is 0.0346. The molecular weight excluding hydrogens is 256 g/mol. The van der Waals surface area contributed by atoms with Gasteiger partial charge in [-0.05, 0) is 37.8 Å². The number of nitrogens with zero attached hydrogens (tertiary/aromatic N) is 2. The molecule has 0 aliphatic carbocycles. The highest BCUT2D eigenvalue weighted by Crippen LogP contribution is 2.22. The molecule has 0 bridgehead atoms. The van der Waals surface area contributed by atoms with Crippen LogP contribution >= 0.6 is 0 Å². The standard InChI is InChI=1S/C15H20N2O3/c1-2-5-12-6-3-4-9-17(12)14(18)11-7-8-13(15(19)20)16-10-11/h7-8,10,12H,2-6,9H2,1H3,(H,19,20). The van der Waals surface area contributed by atoms with Crippen LogP contribution in [-0.2, 0) is 0 Å². The molecule has 1 N–H and O–H groups in total. The highest BCUT2D eigenvalue weighted by molar-refractivity contribution is 5.95. The molecule has 20 heavy (non-hydrogen) atoms. The van der Waals surface area contributed by atoms with Crippen molar-refractivity contribution in [1.82, 2.24) is 9.88 Å². The first kappa shape index (κ1) is 14.5. The second kappa shape index (κ2) is 6.50. The van der Waals surface area contributed by atoms with Gasteiger partial charge in [-0.3, -0.25) is 4.79 Å². The number of aromatic nitrogens is 1. The van der Waals surface area contributed by atoms with Crippen molar-refractivity contribution in [2.45, 2.75) is 45.1 Å². The Hall–Kier alpha value is -1.91. The Kier molecular flexibility index (Phi) is 4.71. The predicted molar refractivity (Wildman–Crippen MR) is 74.8 cm³/mol. The molecule has 0 radical (unpaired) electrons. The van der Waals surface area contributed by atoms with Gasteiger partial charge in [0.05, 0.1) is 5.56 Å². The van der Waals surface area contributed by atoms with Gasteiger partial charge in [0.25, 0.3) is 5.91 Å². The number of hydrogen-bond acceptors (Lipinski definition) is 3. The van der Waals surface area contributed by atoms with Crippen molar-refractivity contribution in [2.24, 2.45) is 0 Å². The maximum Gasteiger partial charge on any atom is 0.354 e. The number of carboxylic acid groups (broad SMARTS) is 1. The van der Waals surface area contributed by atoms with Crippen LogP contribution in [0.2, 0.25) is 0 Å². The smallest absolute Gasteiger partial charge is 0.354 e. The zero-order valence-corrected chi connectivity index (χ0v) is 11.7. The van der Waals surface area contributed by atoms with E-state index in [0.29, 0.717) is 11.6 Å². The van der Waals surface area contributed by atoms with Crippen LogP contribution in [0.5, 0.6) is 0 Å². The van der Waals surface area contributed by atoms with Gasteiger partial charge >= 0.3 is 5.97 Å². The lowest BCUT2D eigenvalue weighted by molar-refractivity contribution is 0.0597. The van der Waals surface area contributed by atoms with Crippen molar-refractivity contribution >= 4 is 11.9 Å². The fourth-order valence-electron chi connectivity index (χ4n) is 2.71. The van der Waals surface area contributed by atoms with E-state index in [1.807, 2.05) is 4.90 Å². The second-order valence-corrected chi connectivity index (χ2v) is 5.17. The Morgan fingerprint density at radius 3 is 2.80 bits per heavy atom. The summed E-state index contributed by atoms with van der Waals surface area (Å²) in [5.74, 6) is -1.11. The summed E-state index contributed by atoms with van der Waals surface area (Å²) in [5.41, 5.74) is 0.434. The van der Waals surface area contributed by atoms with Crippen molar-refractivity contribution in [3.05, 3.63) is 29.6 Å². The first-order valence-corrected chi connectivity index (χ1v) is 7.13. The largest absolute Gasteiger partial charge is 0.477 e. The molecule has 1 fully saturated rings. The highest BCUT2D eigenvalue weighted by Gasteiger charge is 2.26. The van der Waals surface area contributed by atoms with E-state index in [1.165, 1.54) is 18.7 Å². The Morgan fingerprint density at radius 1 is 1.40 bits per heavy atom. The third kappa shape index (κ3) is 3.15. The van der Waals surface area contributed by atoms with Gasteiger partial charge < -0.3 is 10.0 Å². The van der Waals surface area contributed by atoms with Crippen LogP contribution in [0.4, 0.5) is 0 Å². The fraction of sp³-hybridized carbons (Fsp3) is 0.533. The summed E-state index contributed by atoms with van der Waals surface area (Å²) in [6.45, 7) is 2.91. The molecule has 1 aliphatic heterocycles. The number of carbonyl (C=O) groups is 2. The molecule has 1 saturated heterocycles. The van der Waals surface area contributed by atoms with E-state index in [4.69, 9.17) is 5.11 Å². The number of pyridine rings is 1. The van der Waals surface area contributed by atoms with E-state index >= 15 is 0 Å². The van der Waals surface area contributed by atoms with Gasteiger partial charge in [0, 0.05) is 18.8 Å². The van der Waals surface area contributed by atoms with Gasteiger partial charge in [0.2, 0.25) is 0 Å². The molecule has 0 aromatic carbocycles. The molecule has 5 nitrogen and oxygen atoms in total. The molecule has 2 heterocycles. The van der Waals surface area contributed by atoms with E-state index in [9.17, 15) is 9.59 Å². The van der Waals surface area contributed by atoms with Gasteiger partial charge in [-0.25, -0.2) is 9.78 Å². The minimum Gasteiger partial charge on any atom is -0.477 e. The number of amides is 1. The average Bonchev–Trinajstić information content (AvgIpc) is 2.47. The lowest BCUT2D eigenvalue weighted by atomic mass is 9.97. The summed E-state index contributed by atoms with van der Waals surface area (Å²) in [6.07, 6.45) is 6.71. The van der Waals surface area contributed by atoms with Crippen LogP contribution in [0.15, 0.2) is 18.3 Å². The summed E-state index contributed by atoms with van der Waals surface area (Å²) < 4.78 is 0. The number of aromatic carboxylic acids is 1. The van der Waals surface area contributed by atoms with Crippen LogP contribution in [0.25, 0.3) is 0 Å². The van der Waals surface area contributed by atoms with Crippen LogP contribution in [0, 0.1) is 0 Å². The lowest BCUT2D eigenvalue weighted by Crippen LogP contribution is -2.43. The minimum atomic E-state index is -1.08. The Labute approximate surface area is 118 Å². The molecule has 5 heteroatoms. The SMILES string of the molecule is CCCC1CCCCN1C(=O)c1ccc(C(=O)O)nc1. The van der Waals surface area contributed by atoms with Crippen molar-refractivity contribution in [3.8, 4) is 0 Å². The van der Waals surface area contributed by atoms with Gasteiger partial charge in [-0.15, -0.1) is 0 Å². The summed E-state index contributed by atoms with van der Waals surface area (Å²) in [5, 5.41) is 8.82. The van der Waals surface area contributed by atoms with Crippen molar-refractivity contribution in [3.63, 3.8) is 0 Å². The van der Waals surface area contributed by atoms with E-state index in [1.54, 1.807) is 6.07 Å². The molecule has 1 atom stereocenters. The molecule has 0 spiro atoms. The normalized spacial score (nSPS) is 18.9. The van der Waals surface area contributed by atoms with E-state index < -0.39 is 5.97 Å². The number of likely N-dealkylation sites (tertiary alicyclic amines) is 1. The number of carboxylic acids is 1. The zero-order chi connectivity index (χ0) is 14.5. The van der Waals surface area contributed by atoms with Crippen molar-refractivity contribution < 1.29 is 14.7 Å². The molecule has 1 amide bonds. The van der Waals surface area contributed by atoms with E-state index in [-0.39, 0.29) is 11.6 Å². The van der Waals surface area contributed by atoms with Crippen molar-refractivity contribution in [1.29, 1.82) is 0 Å². The third-order valence-corrected chi connectivity index (χ3v) is 3.74. The fourth-order valence-corrected chi connectivity index (χ4v) is 2.71. The van der Waals surface area contributed by atoms with Crippen LogP contribution in [0.1, 0.15) is 59.9 Å². The maximum atomic E-state index is 12.5. The number of rotatable bonds is 4. The third-order valence-electron chi connectivity index (χ3n) is 3.74. The monoisotopic (exact) mass is 276 g/mol. The molecule has 1 aromatic rings. The Balaban J connectivity index is 2.14. The molecule has 2 rings (SSSR count). The summed E-state index contributed by atoms with van der Waals surface area (Å²) >= 11 is 0. The van der Waals surface area contributed by atoms with Crippen LogP contribution < -0.4 is 0 Å². The van der Waals surface area contributed by atoms with Crippen LogP contribution in [0.3, 0.4) is 0 Å². The predicted octanol–water partition coefficient (Wildman–Crippen LogP) is 2.57. The summed E-state index contributed by atoms with van der Waals surface area (Å²) in [6, 6.07) is 3.24. The van der Waals surface area contributed by atoms with Gasteiger partial charge in [0.1, 0.15) is 5.69 Å². The quantitative estimate of drug-likeness (QED) is 0.917. The van der Waals surface area contributed by atoms with Crippen LogP contribution in [-0.4, -0.2) is 39.5 Å². The van der Waals surface area contributed by atoms with Gasteiger partial charge in [-0.2, -0.15) is 0 Å². The summed E-state index contributed by atoms with van der Waals surface area (Å²) in [7, 11) is 0. The molecule has 1 aliphatic rings. The first-order chi connectivity index (χ1) is 9.63. The molecule has 108 valence electrons. The van der Waals surface area contributed by atoms with Gasteiger partial charge in [-0.1, -0.05) is 13.3 Å².